The second-order valence-electron chi connectivity index (χ2n) is 4.53. The van der Waals surface area contributed by atoms with Crippen LogP contribution < -0.4 is 10.1 Å². The minimum absolute atomic E-state index is 0.0226. The average Bonchev–Trinajstić information content (AvgIpc) is 2.97. The molecule has 0 spiro atoms. The summed E-state index contributed by atoms with van der Waals surface area (Å²) in [6.45, 7) is 2.32. The number of nitrogens with one attached hydrogen (secondary N) is 2. The molecule has 1 fully saturated rings. The molecule has 110 valence electrons. The largest absolute Gasteiger partial charge is 0.476 e. The lowest BCUT2D eigenvalue weighted by molar-refractivity contribution is 0.0277. The minimum Gasteiger partial charge on any atom is -0.476 e. The van der Waals surface area contributed by atoms with Gasteiger partial charge >= 0.3 is 5.97 Å². The van der Waals surface area contributed by atoms with Crippen LogP contribution in [0.5, 0.6) is 11.6 Å². The number of aromatic carboxylic acids is 1. The Bertz CT molecular complexity index is 619. The van der Waals surface area contributed by atoms with Crippen molar-refractivity contribution in [3.05, 3.63) is 35.5 Å². The van der Waals surface area contributed by atoms with Gasteiger partial charge < -0.3 is 19.9 Å². The van der Waals surface area contributed by atoms with E-state index in [1.54, 1.807) is 12.1 Å². The lowest BCUT2D eigenvalue weighted by atomic mass is 10.1. The third-order valence-corrected chi connectivity index (χ3v) is 3.12. The molecule has 2 aromatic rings. The molecule has 3 N–H and O–H groups in total. The predicted molar refractivity (Wildman–Crippen MR) is 71.4 cm³/mol. The van der Waals surface area contributed by atoms with E-state index in [1.807, 2.05) is 12.1 Å². The van der Waals surface area contributed by atoms with Gasteiger partial charge in [-0.2, -0.15) is 0 Å². The topological polar surface area (TPSA) is 109 Å². The Kier molecular flexibility index (Phi) is 3.80. The van der Waals surface area contributed by atoms with Crippen molar-refractivity contribution in [2.24, 2.45) is 0 Å². The molecule has 8 heteroatoms. The summed E-state index contributed by atoms with van der Waals surface area (Å²) in [7, 11) is 0. The summed E-state index contributed by atoms with van der Waals surface area (Å²) in [4.78, 5) is 10.9. The number of carboxylic acid groups (broad SMARTS) is 1. The molecule has 1 aromatic heterocycles. The molecule has 1 atom stereocenters. The maximum absolute atomic E-state index is 10.9. The number of rotatable bonds is 4. The first-order chi connectivity index (χ1) is 10.2. The molecule has 0 bridgehead atoms. The number of carbonyl (C=O) groups is 1. The number of hydrogen-bond acceptors (Lipinski definition) is 6. The zero-order valence-corrected chi connectivity index (χ0v) is 11.1. The summed E-state index contributed by atoms with van der Waals surface area (Å²) in [5, 5.41) is 21.5. The second-order valence-corrected chi connectivity index (χ2v) is 4.53. The van der Waals surface area contributed by atoms with Crippen molar-refractivity contribution < 1.29 is 19.4 Å². The van der Waals surface area contributed by atoms with Crippen molar-refractivity contribution >= 4 is 5.97 Å². The van der Waals surface area contributed by atoms with Gasteiger partial charge in [0.2, 0.25) is 5.69 Å². The van der Waals surface area contributed by atoms with Gasteiger partial charge in [0.25, 0.3) is 5.88 Å². The number of carboxylic acids is 1. The van der Waals surface area contributed by atoms with Crippen LogP contribution in [0.2, 0.25) is 0 Å². The summed E-state index contributed by atoms with van der Waals surface area (Å²) in [6.07, 6.45) is 0.0226. The van der Waals surface area contributed by atoms with E-state index in [2.05, 4.69) is 20.7 Å². The first-order valence-electron chi connectivity index (χ1n) is 6.48. The Balaban J connectivity index is 1.72. The van der Waals surface area contributed by atoms with E-state index in [1.165, 1.54) is 0 Å². The lowest BCUT2D eigenvalue weighted by Gasteiger charge is -2.23. The molecule has 8 nitrogen and oxygen atoms in total. The van der Waals surface area contributed by atoms with Crippen LogP contribution in [0.3, 0.4) is 0 Å². The number of ether oxygens (including phenoxy) is 2. The fourth-order valence-electron chi connectivity index (χ4n) is 2.07. The highest BCUT2D eigenvalue weighted by molar-refractivity contribution is 5.87. The first-order valence-corrected chi connectivity index (χ1v) is 6.48. The summed E-state index contributed by atoms with van der Waals surface area (Å²) >= 11 is 0. The van der Waals surface area contributed by atoms with E-state index in [-0.39, 0.29) is 17.7 Å². The molecule has 1 aromatic carbocycles. The van der Waals surface area contributed by atoms with Crippen molar-refractivity contribution in [3.8, 4) is 11.6 Å². The van der Waals surface area contributed by atoms with Crippen molar-refractivity contribution in [2.75, 3.05) is 19.7 Å². The van der Waals surface area contributed by atoms with E-state index in [4.69, 9.17) is 14.6 Å². The highest BCUT2D eigenvalue weighted by atomic mass is 16.5. The van der Waals surface area contributed by atoms with Gasteiger partial charge in [-0.05, 0) is 17.7 Å². The minimum atomic E-state index is -1.17. The number of hydrogen-bond donors (Lipinski definition) is 3. The van der Waals surface area contributed by atoms with Gasteiger partial charge in [0.15, 0.2) is 0 Å². The zero-order chi connectivity index (χ0) is 14.7. The van der Waals surface area contributed by atoms with E-state index < -0.39 is 5.97 Å². The smallest absolute Gasteiger partial charge is 0.359 e. The summed E-state index contributed by atoms with van der Waals surface area (Å²) in [5.74, 6) is -0.752. The molecule has 0 aliphatic carbocycles. The molecule has 2 heterocycles. The van der Waals surface area contributed by atoms with Crippen molar-refractivity contribution in [2.45, 2.75) is 6.10 Å². The standard InChI is InChI=1S/C13H14N4O4/c18-13(19)11-12(16-17-15-11)21-9-3-1-8(2-4-9)10-7-14-5-6-20-10/h1-4,10,14H,5-7H2,(H,18,19)(H,15,16,17). The second kappa shape index (κ2) is 5.90. The van der Waals surface area contributed by atoms with Gasteiger partial charge in [-0.1, -0.05) is 22.4 Å². The van der Waals surface area contributed by atoms with E-state index >= 15 is 0 Å². The van der Waals surface area contributed by atoms with Crippen LogP contribution in [-0.4, -0.2) is 46.2 Å². The van der Waals surface area contributed by atoms with E-state index in [0.29, 0.717) is 12.4 Å². The number of benzene rings is 1. The SMILES string of the molecule is O=C(O)c1[nH]nnc1Oc1ccc(C2CNCCO2)cc1. The number of nitrogens with zero attached hydrogens (tertiary/aromatic N) is 2. The summed E-state index contributed by atoms with van der Waals surface area (Å²) in [5.41, 5.74) is 0.854. The maximum Gasteiger partial charge on any atom is 0.359 e. The van der Waals surface area contributed by atoms with Gasteiger partial charge in [-0.3, -0.25) is 0 Å². The van der Waals surface area contributed by atoms with Crippen LogP contribution in [-0.2, 0) is 4.74 Å². The third kappa shape index (κ3) is 3.01. The Labute approximate surface area is 120 Å². The third-order valence-electron chi connectivity index (χ3n) is 3.12. The van der Waals surface area contributed by atoms with Gasteiger partial charge in [-0.25, -0.2) is 9.89 Å². The van der Waals surface area contributed by atoms with Crippen LogP contribution in [0.4, 0.5) is 0 Å². The highest BCUT2D eigenvalue weighted by Gasteiger charge is 2.18. The van der Waals surface area contributed by atoms with Crippen LogP contribution >= 0.6 is 0 Å². The van der Waals surface area contributed by atoms with Crippen LogP contribution in [0.1, 0.15) is 22.2 Å². The highest BCUT2D eigenvalue weighted by Crippen LogP contribution is 2.25. The molecule has 21 heavy (non-hydrogen) atoms. The molecule has 0 radical (unpaired) electrons. The van der Waals surface area contributed by atoms with E-state index in [0.717, 1.165) is 18.7 Å². The maximum atomic E-state index is 10.9. The monoisotopic (exact) mass is 290 g/mol. The summed E-state index contributed by atoms with van der Waals surface area (Å²) in [6, 6.07) is 7.25. The Morgan fingerprint density at radius 1 is 1.38 bits per heavy atom. The van der Waals surface area contributed by atoms with Gasteiger partial charge in [0.1, 0.15) is 5.75 Å². The molecule has 3 rings (SSSR count). The molecule has 1 saturated heterocycles. The fraction of sp³-hybridized carbons (Fsp3) is 0.308. The van der Waals surface area contributed by atoms with Crippen molar-refractivity contribution in [1.82, 2.24) is 20.7 Å². The molecule has 0 saturated carbocycles. The van der Waals surface area contributed by atoms with Gasteiger partial charge in [0, 0.05) is 13.1 Å². The Morgan fingerprint density at radius 3 is 2.86 bits per heavy atom. The number of aromatic amines is 1. The van der Waals surface area contributed by atoms with Crippen molar-refractivity contribution in [1.29, 1.82) is 0 Å². The molecule has 1 aliphatic rings. The van der Waals surface area contributed by atoms with Gasteiger partial charge in [-0.15, -0.1) is 0 Å². The predicted octanol–water partition coefficient (Wildman–Crippen LogP) is 0.956. The molecule has 1 aliphatic heterocycles. The Morgan fingerprint density at radius 2 is 2.19 bits per heavy atom. The lowest BCUT2D eigenvalue weighted by Crippen LogP contribution is -2.33. The zero-order valence-electron chi connectivity index (χ0n) is 11.1. The molecule has 0 amide bonds. The summed E-state index contributed by atoms with van der Waals surface area (Å²) < 4.78 is 11.1. The Hall–Kier alpha value is -2.45. The molecular weight excluding hydrogens is 276 g/mol. The average molecular weight is 290 g/mol. The normalized spacial score (nSPS) is 18.4. The quantitative estimate of drug-likeness (QED) is 0.769. The number of H-pyrrole nitrogens is 1. The molecule has 1 unspecified atom stereocenters. The molecular formula is C13H14N4O4. The van der Waals surface area contributed by atoms with Crippen LogP contribution in [0.15, 0.2) is 24.3 Å². The van der Waals surface area contributed by atoms with Gasteiger partial charge in [0.05, 0.1) is 12.7 Å². The van der Waals surface area contributed by atoms with Crippen molar-refractivity contribution in [3.63, 3.8) is 0 Å². The van der Waals surface area contributed by atoms with E-state index in [9.17, 15) is 4.79 Å². The van der Waals surface area contributed by atoms with Crippen LogP contribution in [0, 0.1) is 0 Å². The number of morpholine rings is 1. The number of aromatic nitrogens is 3. The fourth-order valence-corrected chi connectivity index (χ4v) is 2.07. The van der Waals surface area contributed by atoms with Crippen LogP contribution in [0.25, 0.3) is 0 Å². The first kappa shape index (κ1) is 13.5.